The zero-order chi connectivity index (χ0) is 17.2. The minimum Gasteiger partial charge on any atom is -0.489 e. The highest BCUT2D eigenvalue weighted by molar-refractivity contribution is 5.50. The molecule has 1 N–H and O–H groups in total. The summed E-state index contributed by atoms with van der Waals surface area (Å²) in [7, 11) is 1.61. The molecule has 0 bridgehead atoms. The summed E-state index contributed by atoms with van der Waals surface area (Å²) < 4.78 is 11.1. The molecule has 4 heterocycles. The van der Waals surface area contributed by atoms with E-state index in [1.165, 1.54) is 16.8 Å². The lowest BCUT2D eigenvalue weighted by atomic mass is 10.1. The van der Waals surface area contributed by atoms with Crippen molar-refractivity contribution in [1.82, 2.24) is 15.3 Å². The number of hydrogen-bond acceptors (Lipinski definition) is 6. The molecule has 2 aromatic heterocycles. The van der Waals surface area contributed by atoms with Gasteiger partial charge in [0.05, 0.1) is 19.0 Å². The lowest BCUT2D eigenvalue weighted by molar-refractivity contribution is 0.169. The van der Waals surface area contributed by atoms with Crippen LogP contribution in [0.2, 0.25) is 0 Å². The van der Waals surface area contributed by atoms with Crippen molar-refractivity contribution < 1.29 is 9.47 Å². The van der Waals surface area contributed by atoms with Gasteiger partial charge in [0.1, 0.15) is 17.7 Å². The van der Waals surface area contributed by atoms with Crippen molar-refractivity contribution >= 4 is 5.82 Å². The maximum absolute atomic E-state index is 6.07. The maximum Gasteiger partial charge on any atom is 0.213 e. The van der Waals surface area contributed by atoms with Crippen molar-refractivity contribution in [2.45, 2.75) is 39.0 Å². The van der Waals surface area contributed by atoms with Crippen molar-refractivity contribution in [3.8, 4) is 11.6 Å². The number of ether oxygens (including phenoxy) is 2. The number of piperidine rings is 1. The molecule has 1 fully saturated rings. The van der Waals surface area contributed by atoms with Crippen LogP contribution in [0.5, 0.6) is 11.6 Å². The van der Waals surface area contributed by atoms with E-state index in [9.17, 15) is 0 Å². The normalized spacial score (nSPS) is 17.4. The van der Waals surface area contributed by atoms with Gasteiger partial charge in [0.25, 0.3) is 0 Å². The number of hydrogen-bond donors (Lipinski definition) is 1. The number of rotatable bonds is 4. The first kappa shape index (κ1) is 16.1. The van der Waals surface area contributed by atoms with Crippen LogP contribution in [0.4, 0.5) is 5.82 Å². The van der Waals surface area contributed by atoms with Gasteiger partial charge < -0.3 is 19.7 Å². The van der Waals surface area contributed by atoms with Gasteiger partial charge in [0.2, 0.25) is 5.88 Å². The Hall–Kier alpha value is -2.34. The number of anilines is 1. The monoisotopic (exact) mass is 340 g/mol. The summed E-state index contributed by atoms with van der Waals surface area (Å²) in [6.45, 7) is 5.91. The second kappa shape index (κ2) is 6.88. The number of aromatic nitrogens is 2. The zero-order valence-electron chi connectivity index (χ0n) is 14.8. The quantitative estimate of drug-likeness (QED) is 0.922. The van der Waals surface area contributed by atoms with Crippen LogP contribution >= 0.6 is 0 Å². The van der Waals surface area contributed by atoms with Crippen molar-refractivity contribution in [3.63, 3.8) is 0 Å². The Morgan fingerprint density at radius 3 is 2.76 bits per heavy atom. The molecule has 6 nitrogen and oxygen atoms in total. The SMILES string of the molecule is COc1ccc(OC2CCN(c3nc4c(cc3C)CNC4)CC2)cn1. The Labute approximate surface area is 148 Å². The number of pyridine rings is 2. The van der Waals surface area contributed by atoms with Crippen molar-refractivity contribution in [2.24, 2.45) is 0 Å². The summed E-state index contributed by atoms with van der Waals surface area (Å²) in [6, 6.07) is 6.02. The van der Waals surface area contributed by atoms with Gasteiger partial charge in [-0.25, -0.2) is 9.97 Å². The van der Waals surface area contributed by atoms with Gasteiger partial charge in [-0.1, -0.05) is 0 Å². The summed E-state index contributed by atoms with van der Waals surface area (Å²) in [5.74, 6) is 2.54. The minimum atomic E-state index is 0.225. The fraction of sp³-hybridized carbons (Fsp3) is 0.474. The Bertz CT molecular complexity index is 740. The smallest absolute Gasteiger partial charge is 0.213 e. The largest absolute Gasteiger partial charge is 0.489 e. The molecule has 0 aromatic carbocycles. The van der Waals surface area contributed by atoms with Gasteiger partial charge in [-0.3, -0.25) is 0 Å². The predicted octanol–water partition coefficient (Wildman–Crippen LogP) is 2.44. The fourth-order valence-corrected chi connectivity index (χ4v) is 3.57. The molecule has 0 saturated carbocycles. The van der Waals surface area contributed by atoms with E-state index in [-0.39, 0.29) is 6.10 Å². The van der Waals surface area contributed by atoms with Gasteiger partial charge >= 0.3 is 0 Å². The van der Waals surface area contributed by atoms with Crippen molar-refractivity contribution in [2.75, 3.05) is 25.1 Å². The van der Waals surface area contributed by atoms with Gasteiger partial charge in [0, 0.05) is 45.1 Å². The van der Waals surface area contributed by atoms with E-state index >= 15 is 0 Å². The van der Waals surface area contributed by atoms with Crippen LogP contribution in [0, 0.1) is 6.92 Å². The Morgan fingerprint density at radius 1 is 1.20 bits per heavy atom. The predicted molar refractivity (Wildman–Crippen MR) is 96.2 cm³/mol. The Morgan fingerprint density at radius 2 is 2.04 bits per heavy atom. The number of fused-ring (bicyclic) bond motifs is 1. The van der Waals surface area contributed by atoms with Gasteiger partial charge in [-0.2, -0.15) is 0 Å². The van der Waals surface area contributed by atoms with Crippen LogP contribution in [-0.2, 0) is 13.1 Å². The molecule has 0 aliphatic carbocycles. The first-order valence-corrected chi connectivity index (χ1v) is 8.84. The van der Waals surface area contributed by atoms with E-state index in [1.807, 2.05) is 12.1 Å². The zero-order valence-corrected chi connectivity index (χ0v) is 14.8. The summed E-state index contributed by atoms with van der Waals surface area (Å²) in [5.41, 5.74) is 3.80. The van der Waals surface area contributed by atoms with Crippen LogP contribution in [0.15, 0.2) is 24.4 Å². The summed E-state index contributed by atoms with van der Waals surface area (Å²) in [5, 5.41) is 3.37. The number of methoxy groups -OCH3 is 1. The first-order valence-electron chi connectivity index (χ1n) is 8.84. The molecule has 0 radical (unpaired) electrons. The van der Waals surface area contributed by atoms with Crippen LogP contribution in [-0.4, -0.2) is 36.3 Å². The average molecular weight is 340 g/mol. The number of nitrogens with zero attached hydrogens (tertiary/aromatic N) is 3. The lowest BCUT2D eigenvalue weighted by Gasteiger charge is -2.34. The lowest BCUT2D eigenvalue weighted by Crippen LogP contribution is -2.39. The van der Waals surface area contributed by atoms with E-state index in [0.717, 1.165) is 50.6 Å². The van der Waals surface area contributed by atoms with Crippen LogP contribution in [0.1, 0.15) is 29.7 Å². The minimum absolute atomic E-state index is 0.225. The van der Waals surface area contributed by atoms with E-state index in [0.29, 0.717) is 5.88 Å². The molecular formula is C19H24N4O2. The summed E-state index contributed by atoms with van der Waals surface area (Å²) in [4.78, 5) is 11.5. The van der Waals surface area contributed by atoms with Crippen LogP contribution < -0.4 is 19.7 Å². The van der Waals surface area contributed by atoms with Gasteiger partial charge in [-0.05, 0) is 30.2 Å². The third-order valence-corrected chi connectivity index (χ3v) is 4.93. The second-order valence-electron chi connectivity index (χ2n) is 6.68. The molecule has 2 aliphatic heterocycles. The molecule has 0 unspecified atom stereocenters. The molecule has 0 atom stereocenters. The highest BCUT2D eigenvalue weighted by Crippen LogP contribution is 2.27. The highest BCUT2D eigenvalue weighted by Gasteiger charge is 2.24. The first-order chi connectivity index (χ1) is 12.2. The van der Waals surface area contributed by atoms with Crippen LogP contribution in [0.3, 0.4) is 0 Å². The average Bonchev–Trinajstić information content (AvgIpc) is 3.09. The molecule has 6 heteroatoms. The summed E-state index contributed by atoms with van der Waals surface area (Å²) >= 11 is 0. The van der Waals surface area contributed by atoms with Crippen molar-refractivity contribution in [3.05, 3.63) is 41.2 Å². The molecule has 0 amide bonds. The van der Waals surface area contributed by atoms with E-state index < -0.39 is 0 Å². The molecule has 2 aromatic rings. The fourth-order valence-electron chi connectivity index (χ4n) is 3.57. The van der Waals surface area contributed by atoms with Crippen molar-refractivity contribution in [1.29, 1.82) is 0 Å². The molecule has 2 aliphatic rings. The number of nitrogens with one attached hydrogen (secondary N) is 1. The maximum atomic E-state index is 6.07. The Balaban J connectivity index is 1.38. The standard InChI is InChI=1S/C19H24N4O2/c1-13-9-14-10-20-12-17(14)22-19(13)23-7-5-15(6-8-23)25-16-3-4-18(24-2)21-11-16/h3-4,9,11,15,20H,5-8,10,12H2,1-2H3. The molecule has 25 heavy (non-hydrogen) atoms. The van der Waals surface area contributed by atoms with Gasteiger partial charge in [0.15, 0.2) is 0 Å². The molecule has 1 saturated heterocycles. The summed E-state index contributed by atoms with van der Waals surface area (Å²) in [6.07, 6.45) is 3.93. The van der Waals surface area contributed by atoms with Gasteiger partial charge in [-0.15, -0.1) is 0 Å². The molecule has 132 valence electrons. The Kier molecular flexibility index (Phi) is 4.44. The molecule has 0 spiro atoms. The van der Waals surface area contributed by atoms with E-state index in [4.69, 9.17) is 14.5 Å². The third kappa shape index (κ3) is 3.39. The molecule has 4 rings (SSSR count). The second-order valence-corrected chi connectivity index (χ2v) is 6.68. The topological polar surface area (TPSA) is 59.5 Å². The number of aryl methyl sites for hydroxylation is 1. The van der Waals surface area contributed by atoms with Crippen LogP contribution in [0.25, 0.3) is 0 Å². The third-order valence-electron chi connectivity index (χ3n) is 4.93. The highest BCUT2D eigenvalue weighted by atomic mass is 16.5. The van der Waals surface area contributed by atoms with E-state index in [2.05, 4.69) is 28.2 Å². The van der Waals surface area contributed by atoms with E-state index in [1.54, 1.807) is 13.3 Å². The molecular weight excluding hydrogens is 316 g/mol.